The van der Waals surface area contributed by atoms with Crippen molar-refractivity contribution in [3.63, 3.8) is 0 Å². The molecule has 7 nitrogen and oxygen atoms in total. The molecule has 0 atom stereocenters. The molecular formula is C21H26BrFN4O3. The highest BCUT2D eigenvalue weighted by molar-refractivity contribution is 9.10. The lowest BCUT2D eigenvalue weighted by Crippen LogP contribution is -2.41. The number of hydrogen-bond donors (Lipinski definition) is 2. The van der Waals surface area contributed by atoms with Crippen molar-refractivity contribution in [3.8, 4) is 0 Å². The van der Waals surface area contributed by atoms with Gasteiger partial charge in [0.25, 0.3) is 11.5 Å². The first kappa shape index (κ1) is 23.6. The smallest absolute Gasteiger partial charge is 0.330 e. The average Bonchev–Trinajstić information content (AvgIpc) is 2.67. The third-order valence-electron chi connectivity index (χ3n) is 4.40. The summed E-state index contributed by atoms with van der Waals surface area (Å²) in [5.74, 6) is -0.980. The minimum absolute atomic E-state index is 0.0658. The topological polar surface area (TPSA) is 101 Å². The Bertz CT molecular complexity index is 1060. The van der Waals surface area contributed by atoms with E-state index in [2.05, 4.69) is 20.9 Å². The number of nitrogens with zero attached hydrogens (tertiary/aromatic N) is 2. The molecule has 3 N–H and O–H groups in total. The third-order valence-corrected chi connectivity index (χ3v) is 4.89. The maximum atomic E-state index is 14.0. The van der Waals surface area contributed by atoms with E-state index in [1.54, 1.807) is 12.1 Å². The summed E-state index contributed by atoms with van der Waals surface area (Å²) < 4.78 is 15.9. The lowest BCUT2D eigenvalue weighted by Gasteiger charge is -2.23. The Kier molecular flexibility index (Phi) is 8.16. The number of nitrogens with two attached hydrogens (primary N) is 1. The fourth-order valence-electron chi connectivity index (χ4n) is 2.93. The summed E-state index contributed by atoms with van der Waals surface area (Å²) in [6.45, 7) is 6.29. The number of H-pyrrole nitrogens is 1. The van der Waals surface area contributed by atoms with Crippen LogP contribution in [0, 0.1) is 11.7 Å². The first-order chi connectivity index (χ1) is 14.1. The van der Waals surface area contributed by atoms with Crippen molar-refractivity contribution in [2.75, 3.05) is 17.2 Å². The van der Waals surface area contributed by atoms with Crippen molar-refractivity contribution in [2.24, 2.45) is 5.92 Å². The number of nitrogen functional groups attached to an aromatic ring is 1. The van der Waals surface area contributed by atoms with E-state index in [1.807, 2.05) is 20.8 Å². The highest BCUT2D eigenvalue weighted by Gasteiger charge is 2.23. The fraction of sp³-hybridized carbons (Fsp3) is 0.381. The predicted octanol–water partition coefficient (Wildman–Crippen LogP) is 3.52. The van der Waals surface area contributed by atoms with Gasteiger partial charge in [0, 0.05) is 29.2 Å². The number of unbranched alkanes of at least 4 members (excludes halogenated alkanes) is 1. The standard InChI is InChI=1S/C21H26BrFN4O3/c1-4-5-10-26(17(28)9-6-14-11-15(22)7-8-16(14)23)18-19(24)27(12-13(2)3)21(30)25-20(18)29/h6-9,11,13H,4-5,10,12,24H2,1-3H3,(H,25,29,30)/b9-6+. The molecule has 2 rings (SSSR count). The van der Waals surface area contributed by atoms with Crippen LogP contribution in [0.1, 0.15) is 39.2 Å². The van der Waals surface area contributed by atoms with E-state index < -0.39 is 23.0 Å². The summed E-state index contributed by atoms with van der Waals surface area (Å²) in [7, 11) is 0. The molecule has 1 aromatic carbocycles. The van der Waals surface area contributed by atoms with Crippen molar-refractivity contribution in [1.29, 1.82) is 0 Å². The first-order valence-corrected chi connectivity index (χ1v) is 10.5. The van der Waals surface area contributed by atoms with Crippen LogP contribution in [0.15, 0.2) is 38.3 Å². The molecule has 0 aliphatic rings. The Labute approximate surface area is 182 Å². The van der Waals surface area contributed by atoms with E-state index in [-0.39, 0.29) is 29.5 Å². The van der Waals surface area contributed by atoms with Crippen LogP contribution >= 0.6 is 15.9 Å². The van der Waals surface area contributed by atoms with Crippen molar-refractivity contribution in [3.05, 3.63) is 61.0 Å². The summed E-state index contributed by atoms with van der Waals surface area (Å²) in [4.78, 5) is 41.2. The molecule has 2 aromatic rings. The number of aromatic amines is 1. The molecule has 0 unspecified atom stereocenters. The molecule has 0 saturated heterocycles. The zero-order valence-electron chi connectivity index (χ0n) is 17.2. The SMILES string of the molecule is CCCCN(C(=O)/C=C/c1cc(Br)ccc1F)c1c(N)n(CC(C)C)c(=O)[nH]c1=O. The van der Waals surface area contributed by atoms with Crippen LogP contribution in [0.5, 0.6) is 0 Å². The summed E-state index contributed by atoms with van der Waals surface area (Å²) in [5.41, 5.74) is 4.95. The van der Waals surface area contributed by atoms with Crippen molar-refractivity contribution >= 4 is 39.4 Å². The van der Waals surface area contributed by atoms with E-state index in [0.717, 1.165) is 6.42 Å². The van der Waals surface area contributed by atoms with Gasteiger partial charge in [0.05, 0.1) is 0 Å². The van der Waals surface area contributed by atoms with Crippen molar-refractivity contribution in [2.45, 2.75) is 40.2 Å². The van der Waals surface area contributed by atoms with Gasteiger partial charge >= 0.3 is 5.69 Å². The molecule has 30 heavy (non-hydrogen) atoms. The number of aromatic nitrogens is 2. The molecule has 162 valence electrons. The van der Waals surface area contributed by atoms with Gasteiger partial charge in [-0.15, -0.1) is 0 Å². The number of hydrogen-bond acceptors (Lipinski definition) is 4. The van der Waals surface area contributed by atoms with Crippen LogP contribution in [-0.2, 0) is 11.3 Å². The minimum atomic E-state index is -0.732. The number of carbonyl (C=O) groups is 1. The Morgan fingerprint density at radius 1 is 1.37 bits per heavy atom. The Hall–Kier alpha value is -2.68. The second-order valence-electron chi connectivity index (χ2n) is 7.34. The van der Waals surface area contributed by atoms with Gasteiger partial charge in [-0.1, -0.05) is 43.1 Å². The molecule has 0 radical (unpaired) electrons. The molecule has 0 spiro atoms. The Morgan fingerprint density at radius 2 is 2.07 bits per heavy atom. The number of amides is 1. The Balaban J connectivity index is 2.50. The summed E-state index contributed by atoms with van der Waals surface area (Å²) in [6.07, 6.45) is 3.93. The normalized spacial score (nSPS) is 11.4. The van der Waals surface area contributed by atoms with Gasteiger partial charge in [-0.25, -0.2) is 9.18 Å². The number of halogens is 2. The number of anilines is 2. The molecule has 0 fully saturated rings. The second-order valence-corrected chi connectivity index (χ2v) is 8.26. The van der Waals surface area contributed by atoms with Crippen LogP contribution in [0.2, 0.25) is 0 Å². The average molecular weight is 481 g/mol. The van der Waals surface area contributed by atoms with Gasteiger partial charge in [0.1, 0.15) is 11.6 Å². The van der Waals surface area contributed by atoms with E-state index in [4.69, 9.17) is 5.73 Å². The van der Waals surface area contributed by atoms with Gasteiger partial charge in [-0.2, -0.15) is 0 Å². The van der Waals surface area contributed by atoms with Crippen molar-refractivity contribution in [1.82, 2.24) is 9.55 Å². The number of carbonyl (C=O) groups excluding carboxylic acids is 1. The van der Waals surface area contributed by atoms with Crippen LogP contribution in [0.3, 0.4) is 0 Å². The molecule has 0 saturated carbocycles. The molecule has 1 amide bonds. The Morgan fingerprint density at radius 3 is 2.70 bits per heavy atom. The first-order valence-electron chi connectivity index (χ1n) is 9.72. The van der Waals surface area contributed by atoms with Gasteiger partial charge < -0.3 is 10.6 Å². The van der Waals surface area contributed by atoms with Gasteiger partial charge in [-0.05, 0) is 36.6 Å². The third kappa shape index (κ3) is 5.69. The van der Waals surface area contributed by atoms with Crippen LogP contribution < -0.4 is 21.9 Å². The van der Waals surface area contributed by atoms with E-state index in [1.165, 1.54) is 27.7 Å². The monoisotopic (exact) mass is 480 g/mol. The van der Waals surface area contributed by atoms with E-state index >= 15 is 0 Å². The van der Waals surface area contributed by atoms with Crippen LogP contribution in [0.4, 0.5) is 15.9 Å². The van der Waals surface area contributed by atoms with Crippen LogP contribution in [-0.4, -0.2) is 22.0 Å². The van der Waals surface area contributed by atoms with Gasteiger partial charge in [-0.3, -0.25) is 19.1 Å². The minimum Gasteiger partial charge on any atom is -0.383 e. The number of benzene rings is 1. The number of nitrogens with one attached hydrogen (secondary N) is 1. The highest BCUT2D eigenvalue weighted by atomic mass is 79.9. The number of rotatable bonds is 8. The molecule has 0 aliphatic heterocycles. The molecule has 1 heterocycles. The summed E-state index contributed by atoms with van der Waals surface area (Å²) >= 11 is 3.27. The molecule has 0 aliphatic carbocycles. The van der Waals surface area contributed by atoms with Crippen molar-refractivity contribution < 1.29 is 9.18 Å². The maximum absolute atomic E-state index is 14.0. The largest absolute Gasteiger partial charge is 0.383 e. The maximum Gasteiger partial charge on any atom is 0.330 e. The molecule has 1 aromatic heterocycles. The lowest BCUT2D eigenvalue weighted by atomic mass is 10.2. The zero-order chi connectivity index (χ0) is 22.4. The molecule has 9 heteroatoms. The predicted molar refractivity (Wildman–Crippen MR) is 121 cm³/mol. The fourth-order valence-corrected chi connectivity index (χ4v) is 3.31. The van der Waals surface area contributed by atoms with E-state index in [9.17, 15) is 18.8 Å². The quantitative estimate of drug-likeness (QED) is 0.564. The summed E-state index contributed by atoms with van der Waals surface area (Å²) in [5, 5.41) is 0. The molecule has 0 bridgehead atoms. The van der Waals surface area contributed by atoms with Gasteiger partial charge in [0.2, 0.25) is 0 Å². The molecular weight excluding hydrogens is 455 g/mol. The highest BCUT2D eigenvalue weighted by Crippen LogP contribution is 2.20. The zero-order valence-corrected chi connectivity index (χ0v) is 18.8. The van der Waals surface area contributed by atoms with Gasteiger partial charge in [0.15, 0.2) is 5.69 Å². The summed E-state index contributed by atoms with van der Waals surface area (Å²) in [6, 6.07) is 4.38. The lowest BCUT2D eigenvalue weighted by molar-refractivity contribution is -0.114. The van der Waals surface area contributed by atoms with Crippen LogP contribution in [0.25, 0.3) is 6.08 Å². The second kappa shape index (κ2) is 10.4. The van der Waals surface area contributed by atoms with E-state index in [0.29, 0.717) is 17.4 Å².